The fourth-order valence-electron chi connectivity index (χ4n) is 2.71. The summed E-state index contributed by atoms with van der Waals surface area (Å²) in [5.41, 5.74) is 1.15. The van der Waals surface area contributed by atoms with E-state index in [4.69, 9.17) is 9.26 Å². The standard InChI is InChI=1S/C16H20N4O3/c1-11-19-14(20-23-11)10-18-16(21)17-9-13-7-8-22-15(13)12-5-3-2-4-6-12/h2-6,13,15H,7-10H2,1H3,(H2,17,18,21)/t13-,15-/m0/s1. The number of carbonyl (C=O) groups is 1. The Bertz CT molecular complexity index is 644. The largest absolute Gasteiger partial charge is 0.373 e. The lowest BCUT2D eigenvalue weighted by Gasteiger charge is -2.19. The van der Waals surface area contributed by atoms with Crippen molar-refractivity contribution < 1.29 is 14.1 Å². The molecule has 1 aliphatic rings. The first kappa shape index (κ1) is 15.5. The van der Waals surface area contributed by atoms with Crippen LogP contribution in [0.5, 0.6) is 0 Å². The molecule has 7 heteroatoms. The van der Waals surface area contributed by atoms with Crippen molar-refractivity contribution in [2.75, 3.05) is 13.2 Å². The zero-order valence-electron chi connectivity index (χ0n) is 13.0. The van der Waals surface area contributed by atoms with E-state index in [1.807, 2.05) is 18.2 Å². The van der Waals surface area contributed by atoms with Crippen molar-refractivity contribution in [3.8, 4) is 0 Å². The number of hydrogen-bond acceptors (Lipinski definition) is 5. The fraction of sp³-hybridized carbons (Fsp3) is 0.438. The van der Waals surface area contributed by atoms with Crippen molar-refractivity contribution in [2.45, 2.75) is 26.0 Å². The molecule has 2 atom stereocenters. The number of aryl methyl sites for hydroxylation is 1. The normalized spacial score (nSPS) is 20.4. The van der Waals surface area contributed by atoms with Gasteiger partial charge in [-0.15, -0.1) is 0 Å². The number of nitrogens with one attached hydrogen (secondary N) is 2. The van der Waals surface area contributed by atoms with Crippen LogP contribution >= 0.6 is 0 Å². The smallest absolute Gasteiger partial charge is 0.315 e. The highest BCUT2D eigenvalue weighted by Gasteiger charge is 2.29. The highest BCUT2D eigenvalue weighted by Crippen LogP contribution is 2.33. The van der Waals surface area contributed by atoms with Crippen molar-refractivity contribution >= 4 is 6.03 Å². The predicted octanol–water partition coefficient (Wildman–Crippen LogP) is 1.96. The Kier molecular flexibility index (Phi) is 4.87. The second-order valence-electron chi connectivity index (χ2n) is 5.54. The summed E-state index contributed by atoms with van der Waals surface area (Å²) in [5.74, 6) is 1.22. The lowest BCUT2D eigenvalue weighted by molar-refractivity contribution is 0.0910. The molecule has 0 radical (unpaired) electrons. The van der Waals surface area contributed by atoms with Crippen molar-refractivity contribution in [2.24, 2.45) is 5.92 Å². The van der Waals surface area contributed by atoms with E-state index in [2.05, 4.69) is 32.9 Å². The SMILES string of the molecule is Cc1nc(CNC(=O)NC[C@@H]2CCO[C@H]2c2ccccc2)no1. The second kappa shape index (κ2) is 7.23. The minimum Gasteiger partial charge on any atom is -0.373 e. The molecule has 1 saturated heterocycles. The van der Waals surface area contributed by atoms with Gasteiger partial charge in [0.05, 0.1) is 12.6 Å². The molecule has 2 aromatic rings. The number of amides is 2. The number of benzene rings is 1. The minimum atomic E-state index is -0.244. The lowest BCUT2D eigenvalue weighted by atomic mass is 9.95. The van der Waals surface area contributed by atoms with Crippen molar-refractivity contribution in [1.82, 2.24) is 20.8 Å². The summed E-state index contributed by atoms with van der Waals surface area (Å²) in [6.45, 7) is 3.24. The molecule has 2 amide bonds. The molecule has 23 heavy (non-hydrogen) atoms. The fourth-order valence-corrected chi connectivity index (χ4v) is 2.71. The Morgan fingerprint density at radius 1 is 1.30 bits per heavy atom. The highest BCUT2D eigenvalue weighted by atomic mass is 16.5. The number of aromatic nitrogens is 2. The van der Waals surface area contributed by atoms with Gasteiger partial charge in [-0.2, -0.15) is 4.98 Å². The lowest BCUT2D eigenvalue weighted by Crippen LogP contribution is -2.38. The van der Waals surface area contributed by atoms with Gasteiger partial charge in [-0.05, 0) is 12.0 Å². The average molecular weight is 316 g/mol. The van der Waals surface area contributed by atoms with Crippen LogP contribution in [-0.4, -0.2) is 29.3 Å². The van der Waals surface area contributed by atoms with Crippen LogP contribution in [0.4, 0.5) is 4.79 Å². The molecule has 0 unspecified atom stereocenters. The van der Waals surface area contributed by atoms with E-state index in [0.717, 1.165) is 18.6 Å². The van der Waals surface area contributed by atoms with Crippen LogP contribution in [0.15, 0.2) is 34.9 Å². The summed E-state index contributed by atoms with van der Waals surface area (Å²) < 4.78 is 10.7. The maximum Gasteiger partial charge on any atom is 0.315 e. The zero-order valence-corrected chi connectivity index (χ0v) is 13.0. The summed E-state index contributed by atoms with van der Waals surface area (Å²) in [5, 5.41) is 9.33. The topological polar surface area (TPSA) is 89.3 Å². The van der Waals surface area contributed by atoms with Gasteiger partial charge in [-0.1, -0.05) is 35.5 Å². The number of rotatable bonds is 5. The number of hydrogen-bond donors (Lipinski definition) is 2. The van der Waals surface area contributed by atoms with Crippen molar-refractivity contribution in [1.29, 1.82) is 0 Å². The molecule has 0 bridgehead atoms. The predicted molar refractivity (Wildman–Crippen MR) is 82.5 cm³/mol. The minimum absolute atomic E-state index is 0.0383. The summed E-state index contributed by atoms with van der Waals surface area (Å²) >= 11 is 0. The molecule has 2 N–H and O–H groups in total. The van der Waals surface area contributed by atoms with E-state index >= 15 is 0 Å². The molecular weight excluding hydrogens is 296 g/mol. The highest BCUT2D eigenvalue weighted by molar-refractivity contribution is 5.73. The summed E-state index contributed by atoms with van der Waals surface area (Å²) in [6.07, 6.45) is 0.973. The molecule has 7 nitrogen and oxygen atoms in total. The molecule has 2 heterocycles. The van der Waals surface area contributed by atoms with Crippen LogP contribution in [0.1, 0.15) is 29.8 Å². The van der Waals surface area contributed by atoms with E-state index < -0.39 is 0 Å². The maximum atomic E-state index is 11.9. The van der Waals surface area contributed by atoms with Gasteiger partial charge >= 0.3 is 6.03 Å². The number of carbonyl (C=O) groups excluding carboxylic acids is 1. The molecule has 3 rings (SSSR count). The molecule has 0 saturated carbocycles. The summed E-state index contributed by atoms with van der Waals surface area (Å²) in [7, 11) is 0. The Morgan fingerprint density at radius 3 is 2.87 bits per heavy atom. The van der Waals surface area contributed by atoms with Crippen molar-refractivity contribution in [3.63, 3.8) is 0 Å². The first-order chi connectivity index (χ1) is 11.2. The van der Waals surface area contributed by atoms with Crippen molar-refractivity contribution in [3.05, 3.63) is 47.6 Å². The Hall–Kier alpha value is -2.41. The average Bonchev–Trinajstić information content (AvgIpc) is 3.20. The summed E-state index contributed by atoms with van der Waals surface area (Å²) in [4.78, 5) is 15.9. The monoisotopic (exact) mass is 316 g/mol. The molecule has 1 fully saturated rings. The van der Waals surface area contributed by atoms with Crippen LogP contribution in [0.2, 0.25) is 0 Å². The third-order valence-electron chi connectivity index (χ3n) is 3.84. The van der Waals surface area contributed by atoms with E-state index in [1.54, 1.807) is 6.92 Å². The van der Waals surface area contributed by atoms with Gasteiger partial charge in [-0.3, -0.25) is 0 Å². The molecular formula is C16H20N4O3. The van der Waals surface area contributed by atoms with Gasteiger partial charge in [0.25, 0.3) is 0 Å². The molecule has 122 valence electrons. The first-order valence-electron chi connectivity index (χ1n) is 7.70. The van der Waals surface area contributed by atoms with Gasteiger partial charge in [0.1, 0.15) is 0 Å². The summed E-state index contributed by atoms with van der Waals surface area (Å²) in [6, 6.07) is 9.86. The van der Waals surface area contributed by atoms with Crippen LogP contribution in [0.25, 0.3) is 0 Å². The molecule has 0 aliphatic carbocycles. The van der Waals surface area contributed by atoms with E-state index in [9.17, 15) is 4.79 Å². The van der Waals surface area contributed by atoms with Gasteiger partial charge in [-0.25, -0.2) is 4.79 Å². The molecule has 0 spiro atoms. The van der Waals surface area contributed by atoms with E-state index in [0.29, 0.717) is 18.3 Å². The Morgan fingerprint density at radius 2 is 2.13 bits per heavy atom. The zero-order chi connectivity index (χ0) is 16.1. The van der Waals surface area contributed by atoms with Crippen LogP contribution in [0, 0.1) is 12.8 Å². The third kappa shape index (κ3) is 4.07. The van der Waals surface area contributed by atoms with Crippen LogP contribution in [0.3, 0.4) is 0 Å². The Labute approximate surface area is 134 Å². The van der Waals surface area contributed by atoms with Gasteiger partial charge < -0.3 is 19.9 Å². The van der Waals surface area contributed by atoms with Crippen LogP contribution in [-0.2, 0) is 11.3 Å². The third-order valence-corrected chi connectivity index (χ3v) is 3.84. The number of urea groups is 1. The van der Waals surface area contributed by atoms with Crippen LogP contribution < -0.4 is 10.6 Å². The maximum absolute atomic E-state index is 11.9. The first-order valence-corrected chi connectivity index (χ1v) is 7.70. The van der Waals surface area contributed by atoms with E-state index in [-0.39, 0.29) is 24.6 Å². The van der Waals surface area contributed by atoms with Gasteiger partial charge in [0.2, 0.25) is 5.89 Å². The molecule has 1 aliphatic heterocycles. The van der Waals surface area contributed by atoms with Gasteiger partial charge in [0.15, 0.2) is 5.82 Å². The number of ether oxygens (including phenoxy) is 1. The quantitative estimate of drug-likeness (QED) is 0.880. The van der Waals surface area contributed by atoms with Gasteiger partial charge in [0, 0.05) is 26.0 Å². The second-order valence-corrected chi connectivity index (χ2v) is 5.54. The number of nitrogens with zero attached hydrogens (tertiary/aromatic N) is 2. The molecule has 1 aromatic heterocycles. The molecule has 1 aromatic carbocycles. The van der Waals surface area contributed by atoms with E-state index in [1.165, 1.54) is 0 Å². The Balaban J connectivity index is 1.46.